The Morgan fingerprint density at radius 2 is 1.46 bits per heavy atom. The predicted octanol–water partition coefficient (Wildman–Crippen LogP) is 10.4. The van der Waals surface area contributed by atoms with Gasteiger partial charge < -0.3 is 0 Å². The van der Waals surface area contributed by atoms with Crippen LogP contribution in [0.3, 0.4) is 0 Å². The van der Waals surface area contributed by atoms with Crippen LogP contribution in [0.15, 0.2) is 60.7 Å². The summed E-state index contributed by atoms with van der Waals surface area (Å²) in [7, 11) is 0. The van der Waals surface area contributed by atoms with Gasteiger partial charge in [0.05, 0.1) is 0 Å². The Hall–Kier alpha value is -2.81. The summed E-state index contributed by atoms with van der Waals surface area (Å²) >= 11 is 0. The van der Waals surface area contributed by atoms with Gasteiger partial charge in [-0.1, -0.05) is 93.8 Å². The third-order valence-electron chi connectivity index (χ3n) is 7.81. The van der Waals surface area contributed by atoms with Crippen molar-refractivity contribution < 1.29 is 13.2 Å². The van der Waals surface area contributed by atoms with Gasteiger partial charge in [-0.25, -0.2) is 13.2 Å². The summed E-state index contributed by atoms with van der Waals surface area (Å²) in [6.45, 7) is 4.29. The molecule has 1 saturated carbocycles. The summed E-state index contributed by atoms with van der Waals surface area (Å²) in [5, 5.41) is 0. The molecule has 196 valence electrons. The maximum Gasteiger partial charge on any atom is 0.166 e. The molecule has 0 aromatic heterocycles. The number of benzene rings is 3. The van der Waals surface area contributed by atoms with E-state index in [2.05, 4.69) is 19.9 Å². The van der Waals surface area contributed by atoms with Crippen LogP contribution in [0.1, 0.15) is 93.4 Å². The lowest BCUT2D eigenvalue weighted by Crippen LogP contribution is -2.13. The van der Waals surface area contributed by atoms with Gasteiger partial charge in [0.25, 0.3) is 0 Å². The first-order valence-electron chi connectivity index (χ1n) is 14.0. The Bertz CT molecular complexity index is 1180. The van der Waals surface area contributed by atoms with Crippen molar-refractivity contribution >= 4 is 6.08 Å². The van der Waals surface area contributed by atoms with Crippen LogP contribution in [0.2, 0.25) is 0 Å². The summed E-state index contributed by atoms with van der Waals surface area (Å²) in [6.07, 6.45) is 13.7. The van der Waals surface area contributed by atoms with Crippen molar-refractivity contribution in [3.05, 3.63) is 100 Å². The van der Waals surface area contributed by atoms with E-state index >= 15 is 8.78 Å². The van der Waals surface area contributed by atoms with Crippen molar-refractivity contribution in [1.82, 2.24) is 0 Å². The van der Waals surface area contributed by atoms with E-state index in [4.69, 9.17) is 0 Å². The van der Waals surface area contributed by atoms with Gasteiger partial charge in [-0.15, -0.1) is 0 Å². The van der Waals surface area contributed by atoms with E-state index in [0.29, 0.717) is 28.2 Å². The SMILES string of the molecule is CCCCCc1ccc(/C=C/C2CCC(c3ccc(-c4ccc(CCC)cc4)c(F)c3F)CC2)c(F)c1. The minimum Gasteiger partial charge on any atom is -0.206 e. The Kier molecular flexibility index (Phi) is 9.66. The highest BCUT2D eigenvalue weighted by Gasteiger charge is 2.25. The van der Waals surface area contributed by atoms with E-state index in [1.807, 2.05) is 42.5 Å². The molecule has 0 nitrogen and oxygen atoms in total. The fourth-order valence-corrected chi connectivity index (χ4v) is 5.55. The first kappa shape index (κ1) is 27.2. The van der Waals surface area contributed by atoms with Crippen molar-refractivity contribution in [3.63, 3.8) is 0 Å². The van der Waals surface area contributed by atoms with Gasteiger partial charge in [-0.05, 0) is 85.1 Å². The molecule has 0 aliphatic heterocycles. The highest BCUT2D eigenvalue weighted by molar-refractivity contribution is 5.65. The van der Waals surface area contributed by atoms with Gasteiger partial charge in [-0.2, -0.15) is 0 Å². The molecule has 1 aliphatic carbocycles. The maximum atomic E-state index is 15.1. The third-order valence-corrected chi connectivity index (χ3v) is 7.81. The van der Waals surface area contributed by atoms with Crippen LogP contribution in [0.25, 0.3) is 17.2 Å². The Balaban J connectivity index is 1.36. The van der Waals surface area contributed by atoms with Crippen molar-refractivity contribution in [3.8, 4) is 11.1 Å². The summed E-state index contributed by atoms with van der Waals surface area (Å²) in [4.78, 5) is 0. The van der Waals surface area contributed by atoms with Crippen LogP contribution in [-0.4, -0.2) is 0 Å². The number of aryl methyl sites for hydroxylation is 2. The Labute approximate surface area is 220 Å². The minimum absolute atomic E-state index is 0.0132. The highest BCUT2D eigenvalue weighted by Crippen LogP contribution is 2.39. The number of unbranched alkanes of at least 4 members (excludes halogenated alkanes) is 2. The van der Waals surface area contributed by atoms with Crippen LogP contribution in [0.5, 0.6) is 0 Å². The minimum atomic E-state index is -0.753. The average Bonchev–Trinajstić information content (AvgIpc) is 2.91. The molecule has 0 amide bonds. The molecule has 0 bridgehead atoms. The van der Waals surface area contributed by atoms with E-state index in [1.165, 1.54) is 12.0 Å². The summed E-state index contributed by atoms with van der Waals surface area (Å²) < 4.78 is 44.8. The fourth-order valence-electron chi connectivity index (χ4n) is 5.55. The van der Waals surface area contributed by atoms with Crippen molar-refractivity contribution in [1.29, 1.82) is 0 Å². The van der Waals surface area contributed by atoms with Gasteiger partial charge in [0.15, 0.2) is 11.6 Å². The van der Waals surface area contributed by atoms with Crippen LogP contribution >= 0.6 is 0 Å². The normalized spacial score (nSPS) is 18.0. The number of hydrogen-bond acceptors (Lipinski definition) is 0. The Morgan fingerprint density at radius 1 is 0.730 bits per heavy atom. The third kappa shape index (κ3) is 6.94. The summed E-state index contributed by atoms with van der Waals surface area (Å²) in [5.74, 6) is -1.30. The molecule has 0 atom stereocenters. The van der Waals surface area contributed by atoms with E-state index in [0.717, 1.165) is 63.4 Å². The molecule has 0 N–H and O–H groups in total. The summed E-state index contributed by atoms with van der Waals surface area (Å²) in [6, 6.07) is 16.8. The summed E-state index contributed by atoms with van der Waals surface area (Å²) in [5.41, 5.74) is 4.38. The molecule has 0 heterocycles. The van der Waals surface area contributed by atoms with Gasteiger partial charge in [0, 0.05) is 11.1 Å². The number of hydrogen-bond donors (Lipinski definition) is 0. The van der Waals surface area contributed by atoms with Gasteiger partial charge in [-0.3, -0.25) is 0 Å². The van der Waals surface area contributed by atoms with Crippen molar-refractivity contribution in [2.75, 3.05) is 0 Å². The quantitative estimate of drug-likeness (QED) is 0.241. The number of rotatable bonds is 10. The standard InChI is InChI=1S/C34H39F3/c1-3-5-6-8-26-14-20-29(32(35)23-26)19-13-25-11-17-28(18-12-25)31-22-21-30(33(36)34(31)37)27-15-9-24(7-4-2)10-16-27/h9-10,13-16,19-23,25,28H,3-8,11-12,17-18H2,1-2H3/b19-13+. The lowest BCUT2D eigenvalue weighted by atomic mass is 9.78. The van der Waals surface area contributed by atoms with Crippen LogP contribution in [0.4, 0.5) is 13.2 Å². The zero-order chi connectivity index (χ0) is 26.2. The van der Waals surface area contributed by atoms with Gasteiger partial charge >= 0.3 is 0 Å². The first-order valence-corrected chi connectivity index (χ1v) is 14.0. The monoisotopic (exact) mass is 504 g/mol. The van der Waals surface area contributed by atoms with E-state index < -0.39 is 11.6 Å². The number of allylic oxidation sites excluding steroid dienone is 1. The van der Waals surface area contributed by atoms with Crippen molar-refractivity contribution in [2.24, 2.45) is 5.92 Å². The molecule has 0 spiro atoms. The molecule has 0 unspecified atom stereocenters. The second kappa shape index (κ2) is 13.1. The smallest absolute Gasteiger partial charge is 0.166 e. The van der Waals surface area contributed by atoms with Crippen molar-refractivity contribution in [2.45, 2.75) is 84.0 Å². The topological polar surface area (TPSA) is 0 Å². The van der Waals surface area contributed by atoms with Gasteiger partial charge in [0.2, 0.25) is 0 Å². The largest absolute Gasteiger partial charge is 0.206 e. The fraction of sp³-hybridized carbons (Fsp3) is 0.412. The molecule has 0 radical (unpaired) electrons. The highest BCUT2D eigenvalue weighted by atomic mass is 19.2. The van der Waals surface area contributed by atoms with Crippen LogP contribution < -0.4 is 0 Å². The molecule has 37 heavy (non-hydrogen) atoms. The van der Waals surface area contributed by atoms with E-state index in [1.54, 1.807) is 18.2 Å². The van der Waals surface area contributed by atoms with Gasteiger partial charge in [0.1, 0.15) is 5.82 Å². The second-order valence-electron chi connectivity index (χ2n) is 10.6. The molecule has 1 aliphatic rings. The van der Waals surface area contributed by atoms with E-state index in [-0.39, 0.29) is 11.7 Å². The molecule has 3 aromatic rings. The second-order valence-corrected chi connectivity index (χ2v) is 10.6. The molecule has 0 saturated heterocycles. The maximum absolute atomic E-state index is 15.1. The molecule has 1 fully saturated rings. The van der Waals surface area contributed by atoms with Crippen LogP contribution in [-0.2, 0) is 12.8 Å². The van der Waals surface area contributed by atoms with Crippen LogP contribution in [0, 0.1) is 23.4 Å². The van der Waals surface area contributed by atoms with E-state index in [9.17, 15) is 4.39 Å². The zero-order valence-electron chi connectivity index (χ0n) is 22.2. The first-order chi connectivity index (χ1) is 18.0. The predicted molar refractivity (Wildman–Crippen MR) is 149 cm³/mol. The molecular formula is C34H39F3. The lowest BCUT2D eigenvalue weighted by Gasteiger charge is -2.27. The molecule has 4 rings (SSSR count). The molecule has 3 heteroatoms. The zero-order valence-corrected chi connectivity index (χ0v) is 22.2. The lowest BCUT2D eigenvalue weighted by molar-refractivity contribution is 0.365. The Morgan fingerprint density at radius 3 is 2.14 bits per heavy atom. The molecular weight excluding hydrogens is 465 g/mol. The molecule has 3 aromatic carbocycles. The number of halogens is 3. The average molecular weight is 505 g/mol.